The number of ether oxygens (including phenoxy) is 2. The summed E-state index contributed by atoms with van der Waals surface area (Å²) in [6.45, 7) is 4.06. The number of carbonyl (C=O) groups excluding carboxylic acids is 1. The highest BCUT2D eigenvalue weighted by atomic mass is 35.5. The second-order valence-corrected chi connectivity index (χ2v) is 4.04. The highest BCUT2D eigenvalue weighted by Gasteiger charge is 2.10. The molecule has 1 aromatic carbocycles. The highest BCUT2D eigenvalue weighted by Crippen LogP contribution is 2.25. The molecular formula is C11H12ClFO3. The summed E-state index contributed by atoms with van der Waals surface area (Å²) >= 11 is 5.66. The Kier molecular flexibility index (Phi) is 4.55. The molecule has 5 heteroatoms. The molecule has 0 heterocycles. The van der Waals surface area contributed by atoms with Crippen molar-refractivity contribution >= 4 is 17.8 Å². The average molecular weight is 247 g/mol. The predicted octanol–water partition coefficient (Wildman–Crippen LogP) is 3.65. The van der Waals surface area contributed by atoms with Crippen LogP contribution >= 0.6 is 11.6 Å². The maximum atomic E-state index is 12.7. The lowest BCUT2D eigenvalue weighted by Gasteiger charge is -2.08. The molecule has 0 spiro atoms. The van der Waals surface area contributed by atoms with E-state index in [0.29, 0.717) is 0 Å². The average Bonchev–Trinajstić information content (AvgIpc) is 2.19. The maximum absolute atomic E-state index is 12.7. The number of benzene rings is 1. The molecule has 0 aliphatic carbocycles. The molecule has 3 nitrogen and oxygen atoms in total. The minimum absolute atomic E-state index is 0.0292. The molecule has 0 aliphatic heterocycles. The number of carbonyl (C=O) groups is 1. The van der Waals surface area contributed by atoms with Gasteiger partial charge in [0.2, 0.25) is 0 Å². The standard InChI is InChI=1S/C11H12ClFO3/c1-7(2)6-15-11(14)16-10-4-3-8(13)5-9(10)12/h3-5,7H,6H2,1-2H3. The smallest absolute Gasteiger partial charge is 0.434 e. The SMILES string of the molecule is CC(C)COC(=O)Oc1ccc(F)cc1Cl. The van der Waals surface area contributed by atoms with Crippen LogP contribution < -0.4 is 4.74 Å². The molecule has 0 fully saturated rings. The van der Waals surface area contributed by atoms with Gasteiger partial charge in [-0.15, -0.1) is 0 Å². The summed E-state index contributed by atoms with van der Waals surface area (Å²) in [5, 5.41) is 0.0292. The maximum Gasteiger partial charge on any atom is 0.513 e. The minimum atomic E-state index is -0.845. The molecule has 0 aromatic heterocycles. The lowest BCUT2D eigenvalue weighted by molar-refractivity contribution is 0.0885. The van der Waals surface area contributed by atoms with Gasteiger partial charge in [0.15, 0.2) is 5.75 Å². The summed E-state index contributed by atoms with van der Waals surface area (Å²) in [5.41, 5.74) is 0. The zero-order valence-corrected chi connectivity index (χ0v) is 9.75. The van der Waals surface area contributed by atoms with Crippen LogP contribution in [0.3, 0.4) is 0 Å². The van der Waals surface area contributed by atoms with Crippen LogP contribution in [0.1, 0.15) is 13.8 Å². The van der Waals surface area contributed by atoms with Crippen LogP contribution in [0.25, 0.3) is 0 Å². The van der Waals surface area contributed by atoms with E-state index in [4.69, 9.17) is 21.1 Å². The van der Waals surface area contributed by atoms with Crippen molar-refractivity contribution in [2.24, 2.45) is 5.92 Å². The van der Waals surface area contributed by atoms with Gasteiger partial charge in [0.25, 0.3) is 0 Å². The molecule has 0 aliphatic rings. The lowest BCUT2D eigenvalue weighted by atomic mass is 10.2. The number of rotatable bonds is 3. The molecule has 0 N–H and O–H groups in total. The summed E-state index contributed by atoms with van der Waals surface area (Å²) in [7, 11) is 0. The predicted molar refractivity (Wildman–Crippen MR) is 58.2 cm³/mol. The number of hydrogen-bond donors (Lipinski definition) is 0. The van der Waals surface area contributed by atoms with Crippen LogP contribution in [-0.2, 0) is 4.74 Å². The summed E-state index contributed by atoms with van der Waals surface area (Å²) in [6, 6.07) is 3.48. The van der Waals surface area contributed by atoms with Gasteiger partial charge in [-0.05, 0) is 24.1 Å². The first-order chi connectivity index (χ1) is 7.49. The number of halogens is 2. The summed E-state index contributed by atoms with van der Waals surface area (Å²) < 4.78 is 22.3. The van der Waals surface area contributed by atoms with Crippen LogP contribution in [0.2, 0.25) is 5.02 Å². The Labute approximate surface area is 98.1 Å². The molecule has 1 rings (SSSR count). The first kappa shape index (κ1) is 12.8. The minimum Gasteiger partial charge on any atom is -0.434 e. The molecule has 0 saturated heterocycles. The van der Waals surface area contributed by atoms with Crippen LogP contribution in [-0.4, -0.2) is 12.8 Å². The Balaban J connectivity index is 2.56. The van der Waals surface area contributed by atoms with E-state index in [1.807, 2.05) is 13.8 Å². The van der Waals surface area contributed by atoms with E-state index in [0.717, 1.165) is 12.1 Å². The van der Waals surface area contributed by atoms with E-state index in [-0.39, 0.29) is 23.3 Å². The van der Waals surface area contributed by atoms with Crippen molar-refractivity contribution in [1.29, 1.82) is 0 Å². The first-order valence-corrected chi connectivity index (χ1v) is 5.16. The normalized spacial score (nSPS) is 10.3. The topological polar surface area (TPSA) is 35.5 Å². The van der Waals surface area contributed by atoms with Gasteiger partial charge in [0.05, 0.1) is 11.6 Å². The third kappa shape index (κ3) is 4.06. The van der Waals surface area contributed by atoms with Gasteiger partial charge < -0.3 is 9.47 Å². The van der Waals surface area contributed by atoms with E-state index in [1.165, 1.54) is 6.07 Å². The third-order valence-electron chi connectivity index (χ3n) is 1.62. The Morgan fingerprint density at radius 1 is 1.50 bits per heavy atom. The highest BCUT2D eigenvalue weighted by molar-refractivity contribution is 6.32. The Morgan fingerprint density at radius 3 is 2.75 bits per heavy atom. The van der Waals surface area contributed by atoms with Crippen LogP contribution in [0.5, 0.6) is 5.75 Å². The fourth-order valence-electron chi connectivity index (χ4n) is 0.912. The van der Waals surface area contributed by atoms with Gasteiger partial charge in [-0.2, -0.15) is 0 Å². The molecule has 0 unspecified atom stereocenters. The van der Waals surface area contributed by atoms with Crippen LogP contribution in [0.15, 0.2) is 18.2 Å². The van der Waals surface area contributed by atoms with Gasteiger partial charge in [0.1, 0.15) is 5.82 Å². The van der Waals surface area contributed by atoms with Crippen molar-refractivity contribution < 1.29 is 18.7 Å². The third-order valence-corrected chi connectivity index (χ3v) is 1.92. The fraction of sp³-hybridized carbons (Fsp3) is 0.364. The van der Waals surface area contributed by atoms with E-state index in [9.17, 15) is 9.18 Å². The van der Waals surface area contributed by atoms with E-state index >= 15 is 0 Å². The molecule has 0 bridgehead atoms. The Hall–Kier alpha value is -1.29. The molecular weight excluding hydrogens is 235 g/mol. The van der Waals surface area contributed by atoms with E-state index < -0.39 is 12.0 Å². The zero-order valence-electron chi connectivity index (χ0n) is 9.00. The second-order valence-electron chi connectivity index (χ2n) is 3.63. The zero-order chi connectivity index (χ0) is 12.1. The van der Waals surface area contributed by atoms with E-state index in [1.54, 1.807) is 0 Å². The monoisotopic (exact) mass is 246 g/mol. The van der Waals surface area contributed by atoms with Crippen molar-refractivity contribution in [3.63, 3.8) is 0 Å². The Morgan fingerprint density at radius 2 is 2.19 bits per heavy atom. The van der Waals surface area contributed by atoms with Gasteiger partial charge >= 0.3 is 6.16 Å². The van der Waals surface area contributed by atoms with Gasteiger partial charge in [-0.1, -0.05) is 25.4 Å². The van der Waals surface area contributed by atoms with Crippen molar-refractivity contribution in [3.8, 4) is 5.75 Å². The van der Waals surface area contributed by atoms with Crippen molar-refractivity contribution in [3.05, 3.63) is 29.0 Å². The molecule has 1 aromatic rings. The quantitative estimate of drug-likeness (QED) is 0.603. The van der Waals surface area contributed by atoms with Crippen molar-refractivity contribution in [2.45, 2.75) is 13.8 Å². The van der Waals surface area contributed by atoms with Gasteiger partial charge in [-0.3, -0.25) is 0 Å². The largest absolute Gasteiger partial charge is 0.513 e. The second kappa shape index (κ2) is 5.70. The number of hydrogen-bond acceptors (Lipinski definition) is 3. The van der Waals surface area contributed by atoms with Gasteiger partial charge in [0, 0.05) is 0 Å². The molecule has 0 radical (unpaired) electrons. The molecule has 16 heavy (non-hydrogen) atoms. The fourth-order valence-corrected chi connectivity index (χ4v) is 1.12. The van der Waals surface area contributed by atoms with Crippen LogP contribution in [0.4, 0.5) is 9.18 Å². The summed E-state index contributed by atoms with van der Waals surface area (Å²) in [4.78, 5) is 11.2. The van der Waals surface area contributed by atoms with Crippen molar-refractivity contribution in [2.75, 3.05) is 6.61 Å². The molecule has 88 valence electrons. The summed E-state index contributed by atoms with van der Waals surface area (Å²) in [5.74, 6) is -0.194. The van der Waals surface area contributed by atoms with E-state index in [2.05, 4.69) is 0 Å². The van der Waals surface area contributed by atoms with Crippen molar-refractivity contribution in [1.82, 2.24) is 0 Å². The lowest BCUT2D eigenvalue weighted by Crippen LogP contribution is -2.14. The molecule has 0 saturated carbocycles. The molecule has 0 amide bonds. The Bertz CT molecular complexity index is 379. The first-order valence-electron chi connectivity index (χ1n) is 4.78. The molecule has 0 atom stereocenters. The summed E-state index contributed by atoms with van der Waals surface area (Å²) in [6.07, 6.45) is -0.845. The van der Waals surface area contributed by atoms with Crippen LogP contribution in [0, 0.1) is 11.7 Å². The van der Waals surface area contributed by atoms with Gasteiger partial charge in [-0.25, -0.2) is 9.18 Å².